The number of nitrogens with zero attached hydrogens (tertiary/aromatic N) is 2. The number of carbonyl (C=O) groups excluding carboxylic acids is 2. The quantitative estimate of drug-likeness (QED) is 0.229. The molecular weight excluding hydrogens is 488 g/mol. The number of aliphatic imine (C=N–C) groups is 1. The summed E-state index contributed by atoms with van der Waals surface area (Å²) in [5.74, 6) is -1.44. The highest BCUT2D eigenvalue weighted by Gasteiger charge is 2.30. The maximum atomic E-state index is 12.7. The Labute approximate surface area is 219 Å². The molecule has 1 aliphatic rings. The second kappa shape index (κ2) is 11.3. The van der Waals surface area contributed by atoms with Gasteiger partial charge in [0.25, 0.3) is 11.7 Å². The molecule has 188 valence electrons. The Morgan fingerprint density at radius 2 is 1.65 bits per heavy atom. The van der Waals surface area contributed by atoms with E-state index in [-0.39, 0.29) is 11.5 Å². The van der Waals surface area contributed by atoms with Crippen molar-refractivity contribution in [2.45, 2.75) is 26.4 Å². The molecular formula is C29H26N2O5S. The van der Waals surface area contributed by atoms with Gasteiger partial charge in [-0.05, 0) is 76.8 Å². The van der Waals surface area contributed by atoms with Crippen molar-refractivity contribution in [3.05, 3.63) is 100.0 Å². The molecule has 1 aliphatic heterocycles. The Kier molecular flexibility index (Phi) is 7.89. The summed E-state index contributed by atoms with van der Waals surface area (Å²) in [6, 6.07) is 21.8. The van der Waals surface area contributed by atoms with Gasteiger partial charge in [0.15, 0.2) is 5.17 Å². The Balaban J connectivity index is 1.40. The van der Waals surface area contributed by atoms with E-state index in [4.69, 9.17) is 9.84 Å². The van der Waals surface area contributed by atoms with E-state index in [0.717, 1.165) is 16.9 Å². The van der Waals surface area contributed by atoms with Crippen molar-refractivity contribution in [1.82, 2.24) is 4.90 Å². The molecule has 1 saturated heterocycles. The van der Waals surface area contributed by atoms with Crippen LogP contribution in [0, 0.1) is 0 Å². The summed E-state index contributed by atoms with van der Waals surface area (Å²) in [6.07, 6.45) is 1.80. The molecule has 4 rings (SSSR count). The molecule has 0 unspecified atom stereocenters. The van der Waals surface area contributed by atoms with Crippen LogP contribution in [0.3, 0.4) is 0 Å². The lowest BCUT2D eigenvalue weighted by molar-refractivity contribution is -0.131. The Bertz CT molecular complexity index is 1380. The Morgan fingerprint density at radius 1 is 1.00 bits per heavy atom. The highest BCUT2D eigenvalue weighted by Crippen LogP contribution is 2.33. The van der Waals surface area contributed by atoms with Crippen molar-refractivity contribution in [1.29, 1.82) is 0 Å². The molecule has 7 nitrogen and oxygen atoms in total. The third-order valence-corrected chi connectivity index (χ3v) is 6.84. The summed E-state index contributed by atoms with van der Waals surface area (Å²) in [5.41, 5.74) is 3.82. The van der Waals surface area contributed by atoms with Gasteiger partial charge in [0, 0.05) is 12.6 Å². The van der Waals surface area contributed by atoms with Crippen LogP contribution in [0.15, 0.2) is 82.7 Å². The summed E-state index contributed by atoms with van der Waals surface area (Å²) >= 11 is 1.24. The minimum atomic E-state index is -1.51. The molecule has 0 aromatic heterocycles. The van der Waals surface area contributed by atoms with Crippen LogP contribution in [-0.4, -0.2) is 39.9 Å². The number of ketones is 1. The average molecular weight is 515 g/mol. The molecule has 0 aliphatic carbocycles. The molecule has 0 bridgehead atoms. The van der Waals surface area contributed by atoms with Crippen LogP contribution in [0.2, 0.25) is 0 Å². The van der Waals surface area contributed by atoms with Gasteiger partial charge in [0.1, 0.15) is 12.4 Å². The third-order valence-electron chi connectivity index (χ3n) is 5.78. The van der Waals surface area contributed by atoms with Crippen LogP contribution in [0.5, 0.6) is 5.75 Å². The van der Waals surface area contributed by atoms with Crippen LogP contribution < -0.4 is 4.74 Å². The topological polar surface area (TPSA) is 96.3 Å². The van der Waals surface area contributed by atoms with Gasteiger partial charge in [0.2, 0.25) is 0 Å². The van der Waals surface area contributed by atoms with Gasteiger partial charge in [0.05, 0.1) is 10.6 Å². The van der Waals surface area contributed by atoms with Gasteiger partial charge < -0.3 is 9.84 Å². The second-order valence-corrected chi connectivity index (χ2v) is 9.81. The molecule has 37 heavy (non-hydrogen) atoms. The zero-order valence-corrected chi connectivity index (χ0v) is 21.5. The number of rotatable bonds is 8. The minimum Gasteiger partial charge on any atom is -0.489 e. The van der Waals surface area contributed by atoms with E-state index in [0.29, 0.717) is 28.3 Å². The smallest absolute Gasteiger partial charge is 0.377 e. The number of carboxylic acids is 1. The number of amidine groups is 1. The Hall–Kier alpha value is -4.17. The van der Waals surface area contributed by atoms with Gasteiger partial charge >= 0.3 is 5.97 Å². The van der Waals surface area contributed by atoms with Gasteiger partial charge in [-0.2, -0.15) is 0 Å². The van der Waals surface area contributed by atoms with Gasteiger partial charge in [-0.3, -0.25) is 14.5 Å². The second-order valence-electron chi connectivity index (χ2n) is 8.80. The first kappa shape index (κ1) is 25.9. The predicted octanol–water partition coefficient (Wildman–Crippen LogP) is 5.89. The lowest BCUT2D eigenvalue weighted by Gasteiger charge is -2.09. The standard InChI is InChI=1S/C29H26N2O5S/c1-18(2)21-8-4-20(5-9-21)17-36-24-14-6-19(7-15-24)16-25-27(33)31(3)29(37-25)30-23-12-10-22(11-13-23)26(32)28(34)35/h4-16,18H,17H2,1-3H3,(H,34,35)/b25-16-,30-29+. The average Bonchev–Trinajstić information content (AvgIpc) is 3.16. The predicted molar refractivity (Wildman–Crippen MR) is 145 cm³/mol. The van der Waals surface area contributed by atoms with E-state index in [1.54, 1.807) is 25.3 Å². The number of aliphatic carboxylic acids is 1. The van der Waals surface area contributed by atoms with Crippen molar-refractivity contribution in [2.24, 2.45) is 4.99 Å². The maximum absolute atomic E-state index is 12.7. The molecule has 1 heterocycles. The lowest BCUT2D eigenvalue weighted by atomic mass is 10.0. The normalized spacial score (nSPS) is 15.6. The van der Waals surface area contributed by atoms with Crippen molar-refractivity contribution in [2.75, 3.05) is 7.05 Å². The zero-order chi connectivity index (χ0) is 26.5. The molecule has 8 heteroatoms. The number of benzene rings is 3. The summed E-state index contributed by atoms with van der Waals surface area (Å²) in [7, 11) is 1.64. The van der Waals surface area contributed by atoms with Crippen molar-refractivity contribution in [3.8, 4) is 5.75 Å². The van der Waals surface area contributed by atoms with E-state index in [9.17, 15) is 14.4 Å². The van der Waals surface area contributed by atoms with Crippen molar-refractivity contribution < 1.29 is 24.2 Å². The molecule has 3 aromatic carbocycles. The monoisotopic (exact) mass is 514 g/mol. The fourth-order valence-electron chi connectivity index (χ4n) is 3.55. The first-order valence-electron chi connectivity index (χ1n) is 11.7. The number of hydrogen-bond donors (Lipinski definition) is 1. The number of thioether (sulfide) groups is 1. The van der Waals surface area contributed by atoms with Crippen LogP contribution in [-0.2, 0) is 16.2 Å². The maximum Gasteiger partial charge on any atom is 0.377 e. The first-order valence-corrected chi connectivity index (χ1v) is 12.5. The molecule has 1 fully saturated rings. The Morgan fingerprint density at radius 3 is 2.24 bits per heavy atom. The third kappa shape index (κ3) is 6.34. The van der Waals surface area contributed by atoms with Crippen LogP contribution >= 0.6 is 11.8 Å². The molecule has 1 N–H and O–H groups in total. The lowest BCUT2D eigenvalue weighted by Crippen LogP contribution is -2.23. The number of amides is 1. The van der Waals surface area contributed by atoms with Gasteiger partial charge in [-0.1, -0.05) is 50.2 Å². The number of carboxylic acid groups (broad SMARTS) is 1. The number of ether oxygens (including phenoxy) is 1. The van der Waals surface area contributed by atoms with E-state index in [2.05, 4.69) is 43.1 Å². The SMILES string of the molecule is CC(C)c1ccc(COc2ccc(/C=C3\S/C(=N/c4ccc(C(=O)C(=O)O)cc4)N(C)C3=O)cc2)cc1. The highest BCUT2D eigenvalue weighted by atomic mass is 32.2. The number of Topliss-reactive ketones (excluding diaryl/α,β-unsaturated/α-hetero) is 1. The zero-order valence-electron chi connectivity index (χ0n) is 20.7. The summed E-state index contributed by atoms with van der Waals surface area (Å²) in [4.78, 5) is 41.6. The first-order chi connectivity index (χ1) is 17.7. The van der Waals surface area contributed by atoms with E-state index >= 15 is 0 Å². The van der Waals surface area contributed by atoms with Crippen LogP contribution in [0.4, 0.5) is 5.69 Å². The summed E-state index contributed by atoms with van der Waals surface area (Å²) < 4.78 is 5.90. The minimum absolute atomic E-state index is 0.0667. The van der Waals surface area contributed by atoms with E-state index in [1.165, 1.54) is 34.4 Å². The van der Waals surface area contributed by atoms with E-state index in [1.807, 2.05) is 24.3 Å². The fourth-order valence-corrected chi connectivity index (χ4v) is 4.54. The molecule has 0 spiro atoms. The molecule has 0 saturated carbocycles. The fraction of sp³-hybridized carbons (Fsp3) is 0.172. The van der Waals surface area contributed by atoms with Crippen LogP contribution in [0.1, 0.15) is 46.8 Å². The number of hydrogen-bond acceptors (Lipinski definition) is 6. The summed E-state index contributed by atoms with van der Waals surface area (Å²) in [6.45, 7) is 4.81. The van der Waals surface area contributed by atoms with Crippen LogP contribution in [0.25, 0.3) is 6.08 Å². The number of likely N-dealkylation sites (N-methyl/N-ethyl adjacent to an activating group) is 1. The van der Waals surface area contributed by atoms with Gasteiger partial charge in [-0.25, -0.2) is 9.79 Å². The largest absolute Gasteiger partial charge is 0.489 e. The molecule has 1 amide bonds. The molecule has 0 radical (unpaired) electrons. The molecule has 3 aromatic rings. The van der Waals surface area contributed by atoms with Crippen molar-refractivity contribution in [3.63, 3.8) is 0 Å². The van der Waals surface area contributed by atoms with Crippen molar-refractivity contribution >= 4 is 46.4 Å². The molecule has 0 atom stereocenters. The highest BCUT2D eigenvalue weighted by molar-refractivity contribution is 8.18. The summed E-state index contributed by atoms with van der Waals surface area (Å²) in [5, 5.41) is 9.31. The van der Waals surface area contributed by atoms with Gasteiger partial charge in [-0.15, -0.1) is 0 Å². The number of carbonyl (C=O) groups is 3. The van der Waals surface area contributed by atoms with E-state index < -0.39 is 11.8 Å².